The second-order valence-corrected chi connectivity index (χ2v) is 7.01. The Morgan fingerprint density at radius 1 is 0.962 bits per heavy atom. The normalized spacial score (nSPS) is 11.8. The number of nitrogens with one attached hydrogen (secondary N) is 1. The SMILES string of the molecule is Cc1ccc([C@H](NC(=O)Cc2cccc(Cl)c2)c2ccccc2)c(C)c1. The van der Waals surface area contributed by atoms with Gasteiger partial charge >= 0.3 is 0 Å². The zero-order chi connectivity index (χ0) is 18.5. The summed E-state index contributed by atoms with van der Waals surface area (Å²) >= 11 is 6.03. The molecule has 0 bridgehead atoms. The van der Waals surface area contributed by atoms with Crippen LogP contribution in [0, 0.1) is 13.8 Å². The van der Waals surface area contributed by atoms with Gasteiger partial charge in [-0.2, -0.15) is 0 Å². The number of hydrogen-bond acceptors (Lipinski definition) is 1. The molecule has 0 heterocycles. The molecular formula is C23H22ClNO. The first-order valence-corrected chi connectivity index (χ1v) is 9.06. The molecule has 1 amide bonds. The summed E-state index contributed by atoms with van der Waals surface area (Å²) in [6.07, 6.45) is 0.300. The summed E-state index contributed by atoms with van der Waals surface area (Å²) in [4.78, 5) is 12.7. The summed E-state index contributed by atoms with van der Waals surface area (Å²) in [7, 11) is 0. The highest BCUT2D eigenvalue weighted by molar-refractivity contribution is 6.30. The van der Waals surface area contributed by atoms with Gasteiger partial charge in [-0.25, -0.2) is 0 Å². The molecule has 3 aromatic rings. The molecule has 1 atom stereocenters. The van der Waals surface area contributed by atoms with E-state index in [1.807, 2.05) is 54.6 Å². The molecule has 0 fully saturated rings. The number of halogens is 1. The molecule has 0 unspecified atom stereocenters. The van der Waals surface area contributed by atoms with Gasteiger partial charge < -0.3 is 5.32 Å². The maximum absolute atomic E-state index is 12.7. The van der Waals surface area contributed by atoms with Crippen LogP contribution in [0.4, 0.5) is 0 Å². The monoisotopic (exact) mass is 363 g/mol. The molecule has 0 aliphatic carbocycles. The van der Waals surface area contributed by atoms with Crippen LogP contribution >= 0.6 is 11.6 Å². The van der Waals surface area contributed by atoms with E-state index in [4.69, 9.17) is 11.6 Å². The van der Waals surface area contributed by atoms with Crippen LogP contribution in [-0.2, 0) is 11.2 Å². The Hall–Kier alpha value is -2.58. The highest BCUT2D eigenvalue weighted by Gasteiger charge is 2.18. The Kier molecular flexibility index (Phi) is 5.75. The standard InChI is InChI=1S/C23H22ClNO/c1-16-11-12-21(17(2)13-16)23(19-8-4-3-5-9-19)25-22(26)15-18-7-6-10-20(24)14-18/h3-14,23H,15H2,1-2H3,(H,25,26)/t23-/m1/s1. The van der Waals surface area contributed by atoms with Crippen molar-refractivity contribution in [3.8, 4) is 0 Å². The fraction of sp³-hybridized carbons (Fsp3) is 0.174. The molecule has 3 rings (SSSR count). The molecular weight excluding hydrogens is 342 g/mol. The van der Waals surface area contributed by atoms with Gasteiger partial charge in [0.2, 0.25) is 5.91 Å². The Balaban J connectivity index is 1.87. The fourth-order valence-corrected chi connectivity index (χ4v) is 3.39. The van der Waals surface area contributed by atoms with Gasteiger partial charge in [0.15, 0.2) is 0 Å². The van der Waals surface area contributed by atoms with E-state index in [-0.39, 0.29) is 11.9 Å². The van der Waals surface area contributed by atoms with E-state index in [0.717, 1.165) is 16.7 Å². The second-order valence-electron chi connectivity index (χ2n) is 6.58. The Morgan fingerprint density at radius 3 is 2.42 bits per heavy atom. The van der Waals surface area contributed by atoms with E-state index in [1.54, 1.807) is 0 Å². The minimum atomic E-state index is -0.177. The van der Waals surface area contributed by atoms with Gasteiger partial charge in [0.25, 0.3) is 0 Å². The van der Waals surface area contributed by atoms with E-state index < -0.39 is 0 Å². The fourth-order valence-electron chi connectivity index (χ4n) is 3.18. The minimum absolute atomic E-state index is 0.0268. The maximum atomic E-state index is 12.7. The molecule has 2 nitrogen and oxygen atoms in total. The molecule has 3 aromatic carbocycles. The predicted octanol–water partition coefficient (Wildman–Crippen LogP) is 5.41. The third-order valence-electron chi connectivity index (χ3n) is 4.43. The molecule has 0 spiro atoms. The summed E-state index contributed by atoms with van der Waals surface area (Å²) in [5.41, 5.74) is 5.47. The van der Waals surface area contributed by atoms with Crippen molar-refractivity contribution in [1.29, 1.82) is 0 Å². The lowest BCUT2D eigenvalue weighted by atomic mass is 9.93. The quantitative estimate of drug-likeness (QED) is 0.645. The van der Waals surface area contributed by atoms with Crippen molar-refractivity contribution in [1.82, 2.24) is 5.32 Å². The Bertz CT molecular complexity index is 905. The summed E-state index contributed by atoms with van der Waals surface area (Å²) in [6, 6.07) is 23.6. The van der Waals surface area contributed by atoms with Crippen LogP contribution in [0.1, 0.15) is 33.9 Å². The van der Waals surface area contributed by atoms with Crippen molar-refractivity contribution >= 4 is 17.5 Å². The lowest BCUT2D eigenvalue weighted by Crippen LogP contribution is -2.31. The van der Waals surface area contributed by atoms with E-state index in [1.165, 1.54) is 11.1 Å². The first-order valence-electron chi connectivity index (χ1n) is 8.69. The number of aryl methyl sites for hydroxylation is 2. The third-order valence-corrected chi connectivity index (χ3v) is 4.66. The van der Waals surface area contributed by atoms with E-state index in [2.05, 4.69) is 37.4 Å². The molecule has 26 heavy (non-hydrogen) atoms. The van der Waals surface area contributed by atoms with Gasteiger partial charge in [-0.15, -0.1) is 0 Å². The van der Waals surface area contributed by atoms with Crippen LogP contribution in [0.15, 0.2) is 72.8 Å². The van der Waals surface area contributed by atoms with Crippen molar-refractivity contribution in [2.75, 3.05) is 0 Å². The Morgan fingerprint density at radius 2 is 1.73 bits per heavy atom. The minimum Gasteiger partial charge on any atom is -0.345 e. The molecule has 132 valence electrons. The van der Waals surface area contributed by atoms with Gasteiger partial charge in [0.05, 0.1) is 12.5 Å². The Labute approximate surface area is 159 Å². The number of amides is 1. The lowest BCUT2D eigenvalue weighted by molar-refractivity contribution is -0.120. The molecule has 0 aromatic heterocycles. The summed E-state index contributed by atoms with van der Waals surface area (Å²) in [6.45, 7) is 4.16. The average molecular weight is 364 g/mol. The van der Waals surface area contributed by atoms with Crippen molar-refractivity contribution < 1.29 is 4.79 Å². The molecule has 0 radical (unpaired) electrons. The highest BCUT2D eigenvalue weighted by Crippen LogP contribution is 2.26. The van der Waals surface area contributed by atoms with Gasteiger partial charge in [0, 0.05) is 5.02 Å². The van der Waals surface area contributed by atoms with Crippen molar-refractivity contribution in [3.05, 3.63) is 106 Å². The van der Waals surface area contributed by atoms with Crippen LogP contribution in [0.5, 0.6) is 0 Å². The summed E-state index contributed by atoms with van der Waals surface area (Å²) < 4.78 is 0. The molecule has 0 aliphatic heterocycles. The van der Waals surface area contributed by atoms with E-state index >= 15 is 0 Å². The van der Waals surface area contributed by atoms with Gasteiger partial charge in [-0.1, -0.05) is 77.8 Å². The zero-order valence-corrected chi connectivity index (χ0v) is 15.8. The molecule has 0 saturated heterocycles. The second kappa shape index (κ2) is 8.20. The van der Waals surface area contributed by atoms with Crippen LogP contribution in [0.2, 0.25) is 5.02 Å². The maximum Gasteiger partial charge on any atom is 0.225 e. The summed E-state index contributed by atoms with van der Waals surface area (Å²) in [5, 5.41) is 3.84. The van der Waals surface area contributed by atoms with Crippen molar-refractivity contribution in [3.63, 3.8) is 0 Å². The van der Waals surface area contributed by atoms with Crippen molar-refractivity contribution in [2.24, 2.45) is 0 Å². The largest absolute Gasteiger partial charge is 0.345 e. The smallest absolute Gasteiger partial charge is 0.225 e. The van der Waals surface area contributed by atoms with Gasteiger partial charge in [-0.3, -0.25) is 4.79 Å². The van der Waals surface area contributed by atoms with Crippen molar-refractivity contribution in [2.45, 2.75) is 26.3 Å². The first-order chi connectivity index (χ1) is 12.5. The van der Waals surface area contributed by atoms with E-state index in [0.29, 0.717) is 11.4 Å². The number of rotatable bonds is 5. The number of carbonyl (C=O) groups is 1. The topological polar surface area (TPSA) is 29.1 Å². The van der Waals surface area contributed by atoms with Crippen LogP contribution in [0.25, 0.3) is 0 Å². The number of hydrogen-bond donors (Lipinski definition) is 1. The molecule has 1 N–H and O–H groups in total. The van der Waals surface area contributed by atoms with Crippen LogP contribution in [-0.4, -0.2) is 5.91 Å². The lowest BCUT2D eigenvalue weighted by Gasteiger charge is -2.22. The molecule has 0 aliphatic rings. The zero-order valence-electron chi connectivity index (χ0n) is 15.0. The molecule has 3 heteroatoms. The van der Waals surface area contributed by atoms with Gasteiger partial charge in [0.1, 0.15) is 0 Å². The van der Waals surface area contributed by atoms with Gasteiger partial charge in [-0.05, 0) is 48.2 Å². The van der Waals surface area contributed by atoms with Crippen LogP contribution in [0.3, 0.4) is 0 Å². The first kappa shape index (κ1) is 18.2. The highest BCUT2D eigenvalue weighted by atomic mass is 35.5. The molecule has 0 saturated carbocycles. The number of carbonyl (C=O) groups excluding carboxylic acids is 1. The van der Waals surface area contributed by atoms with E-state index in [9.17, 15) is 4.79 Å². The van der Waals surface area contributed by atoms with Crippen LogP contribution < -0.4 is 5.32 Å². The predicted molar refractivity (Wildman–Crippen MR) is 107 cm³/mol. The third kappa shape index (κ3) is 4.53. The summed E-state index contributed by atoms with van der Waals surface area (Å²) in [5.74, 6) is -0.0268. The average Bonchev–Trinajstić information content (AvgIpc) is 2.61. The number of benzene rings is 3.